The molecule has 1 saturated carbocycles. The highest BCUT2D eigenvalue weighted by Gasteiger charge is 2.48. The van der Waals surface area contributed by atoms with E-state index >= 15 is 0 Å². The van der Waals surface area contributed by atoms with Gasteiger partial charge in [0.2, 0.25) is 5.91 Å². The molecule has 1 fully saturated rings. The maximum absolute atomic E-state index is 13.2. The van der Waals surface area contributed by atoms with Gasteiger partial charge in [-0.3, -0.25) is 9.59 Å². The highest BCUT2D eigenvalue weighted by atomic mass is 19.4. The van der Waals surface area contributed by atoms with Gasteiger partial charge in [-0.1, -0.05) is 13.8 Å². The summed E-state index contributed by atoms with van der Waals surface area (Å²) >= 11 is 0. The Morgan fingerprint density at radius 1 is 1.23 bits per heavy atom. The monoisotopic (exact) mass is 443 g/mol. The van der Waals surface area contributed by atoms with Crippen LogP contribution in [-0.2, 0) is 27.0 Å². The predicted molar refractivity (Wildman–Crippen MR) is 110 cm³/mol. The average molecular weight is 444 g/mol. The summed E-state index contributed by atoms with van der Waals surface area (Å²) in [5.41, 5.74) is -1.90. The van der Waals surface area contributed by atoms with E-state index in [-0.39, 0.29) is 30.0 Å². The molecule has 2 rings (SSSR count). The molecule has 1 unspecified atom stereocenters. The van der Waals surface area contributed by atoms with Crippen molar-refractivity contribution in [2.75, 3.05) is 0 Å². The lowest BCUT2D eigenvalue weighted by Gasteiger charge is -2.32. The molecule has 1 aliphatic rings. The summed E-state index contributed by atoms with van der Waals surface area (Å²) < 4.78 is 50.8. The minimum Gasteiger partial charge on any atom is -0.488 e. The Labute approximate surface area is 181 Å². The summed E-state index contributed by atoms with van der Waals surface area (Å²) in [7, 11) is 0. The number of ether oxygens (including phenoxy) is 2. The molecule has 8 heteroatoms. The average Bonchev–Trinajstić information content (AvgIpc) is 3.03. The van der Waals surface area contributed by atoms with E-state index in [0.717, 1.165) is 12.1 Å². The van der Waals surface area contributed by atoms with Crippen molar-refractivity contribution in [3.8, 4) is 5.75 Å². The summed E-state index contributed by atoms with van der Waals surface area (Å²) in [6, 6.07) is 3.28. The fourth-order valence-corrected chi connectivity index (χ4v) is 4.03. The Kier molecular flexibility index (Phi) is 7.33. The normalized spacial score (nSPS) is 21.8. The van der Waals surface area contributed by atoms with Crippen molar-refractivity contribution in [1.29, 1.82) is 0 Å². The third kappa shape index (κ3) is 6.37. The molecule has 0 aromatic heterocycles. The van der Waals surface area contributed by atoms with E-state index in [1.54, 1.807) is 20.8 Å². The largest absolute Gasteiger partial charge is 0.488 e. The van der Waals surface area contributed by atoms with Crippen molar-refractivity contribution in [2.24, 2.45) is 11.3 Å². The van der Waals surface area contributed by atoms with Crippen LogP contribution < -0.4 is 10.1 Å². The summed E-state index contributed by atoms with van der Waals surface area (Å²) in [6.45, 7) is 10.5. The molecule has 5 nitrogen and oxygen atoms in total. The molecule has 1 aromatic rings. The molecule has 0 radical (unpaired) electrons. The van der Waals surface area contributed by atoms with E-state index in [1.165, 1.54) is 13.0 Å². The molecule has 1 aromatic carbocycles. The fraction of sp³-hybridized carbons (Fsp3) is 0.652. The SMILES string of the molecule is CC(=O)OC1CC[C@@](C(=O)NCc2cc(C(F)(F)F)ccc2OC(C)(C)C)(C(C)C)C1. The molecule has 0 heterocycles. The topological polar surface area (TPSA) is 64.6 Å². The maximum Gasteiger partial charge on any atom is 0.416 e. The Morgan fingerprint density at radius 3 is 2.39 bits per heavy atom. The lowest BCUT2D eigenvalue weighted by atomic mass is 9.74. The highest BCUT2D eigenvalue weighted by molar-refractivity contribution is 5.83. The van der Waals surface area contributed by atoms with E-state index in [9.17, 15) is 22.8 Å². The van der Waals surface area contributed by atoms with Crippen molar-refractivity contribution in [3.63, 3.8) is 0 Å². The number of carbonyl (C=O) groups excluding carboxylic acids is 2. The predicted octanol–water partition coefficient (Wildman–Crippen LogP) is 5.26. The van der Waals surface area contributed by atoms with Crippen LogP contribution in [0.15, 0.2) is 18.2 Å². The molecule has 0 bridgehead atoms. The number of benzene rings is 1. The number of rotatable bonds is 6. The lowest BCUT2D eigenvalue weighted by Crippen LogP contribution is -2.43. The van der Waals surface area contributed by atoms with Crippen molar-refractivity contribution in [2.45, 2.75) is 85.2 Å². The lowest BCUT2D eigenvalue weighted by molar-refractivity contribution is -0.148. The standard InChI is InChI=1S/C23H32F3NO4/c1-14(2)22(10-9-18(12-22)30-15(3)28)20(29)27-13-16-11-17(23(24,25)26)7-8-19(16)31-21(4,5)6/h7-8,11,14,18H,9-10,12-13H2,1-6H3,(H,27,29)/t18?,22-/m0/s1. The first-order chi connectivity index (χ1) is 14.1. The van der Waals surface area contributed by atoms with Crippen molar-refractivity contribution >= 4 is 11.9 Å². The van der Waals surface area contributed by atoms with Crippen LogP contribution in [0.3, 0.4) is 0 Å². The van der Waals surface area contributed by atoms with Crippen LogP contribution in [0, 0.1) is 11.3 Å². The third-order valence-corrected chi connectivity index (χ3v) is 5.64. The molecule has 0 spiro atoms. The van der Waals surface area contributed by atoms with Gasteiger partial charge in [-0.2, -0.15) is 13.2 Å². The number of alkyl halides is 3. The van der Waals surface area contributed by atoms with Crippen molar-refractivity contribution in [1.82, 2.24) is 5.32 Å². The second-order valence-electron chi connectivity index (χ2n) is 9.50. The first-order valence-electron chi connectivity index (χ1n) is 10.5. The van der Waals surface area contributed by atoms with Crippen LogP contribution in [0.4, 0.5) is 13.2 Å². The quantitative estimate of drug-likeness (QED) is 0.610. The Hall–Kier alpha value is -2.25. The number of carbonyl (C=O) groups is 2. The summed E-state index contributed by atoms with van der Waals surface area (Å²) in [6.07, 6.45) is -3.32. The summed E-state index contributed by atoms with van der Waals surface area (Å²) in [5.74, 6) is -0.377. The summed E-state index contributed by atoms with van der Waals surface area (Å²) in [5, 5.41) is 2.82. The number of halogens is 3. The van der Waals surface area contributed by atoms with Gasteiger partial charge in [-0.05, 0) is 64.2 Å². The van der Waals surface area contributed by atoms with E-state index in [0.29, 0.717) is 25.0 Å². The molecule has 0 aliphatic heterocycles. The minimum absolute atomic E-state index is 0.0279. The first-order valence-corrected chi connectivity index (χ1v) is 10.5. The van der Waals surface area contributed by atoms with Gasteiger partial charge in [0.1, 0.15) is 17.5 Å². The molecule has 31 heavy (non-hydrogen) atoms. The smallest absolute Gasteiger partial charge is 0.416 e. The zero-order chi connectivity index (χ0) is 23.6. The van der Waals surface area contributed by atoms with Crippen molar-refractivity contribution < 1.29 is 32.2 Å². The minimum atomic E-state index is -4.50. The Morgan fingerprint density at radius 2 is 1.87 bits per heavy atom. The molecule has 2 atom stereocenters. The molecular formula is C23H32F3NO4. The number of amides is 1. The van der Waals surface area contributed by atoms with Gasteiger partial charge in [-0.15, -0.1) is 0 Å². The molecule has 0 saturated heterocycles. The van der Waals surface area contributed by atoms with Crippen molar-refractivity contribution in [3.05, 3.63) is 29.3 Å². The third-order valence-electron chi connectivity index (χ3n) is 5.64. The number of nitrogens with one attached hydrogen (secondary N) is 1. The zero-order valence-corrected chi connectivity index (χ0v) is 19.0. The van der Waals surface area contributed by atoms with Crippen LogP contribution in [0.5, 0.6) is 5.75 Å². The Balaban J connectivity index is 2.24. The summed E-state index contributed by atoms with van der Waals surface area (Å²) in [4.78, 5) is 24.5. The van der Waals surface area contributed by atoms with E-state index < -0.39 is 28.7 Å². The second kappa shape index (κ2) is 9.09. The van der Waals surface area contributed by atoms with Crippen LogP contribution >= 0.6 is 0 Å². The highest BCUT2D eigenvalue weighted by Crippen LogP contribution is 2.46. The van der Waals surface area contributed by atoms with Gasteiger partial charge in [0.05, 0.1) is 11.0 Å². The van der Waals surface area contributed by atoms with E-state index in [2.05, 4.69) is 5.32 Å². The van der Waals surface area contributed by atoms with Crippen LogP contribution in [-0.4, -0.2) is 23.6 Å². The molecule has 1 aliphatic carbocycles. The number of hydrogen-bond donors (Lipinski definition) is 1. The van der Waals surface area contributed by atoms with Crippen LogP contribution in [0.2, 0.25) is 0 Å². The number of esters is 1. The van der Waals surface area contributed by atoms with Gasteiger partial charge in [0.15, 0.2) is 0 Å². The van der Waals surface area contributed by atoms with Gasteiger partial charge in [-0.25, -0.2) is 0 Å². The number of hydrogen-bond acceptors (Lipinski definition) is 4. The first kappa shape index (κ1) is 25.0. The van der Waals surface area contributed by atoms with Crippen LogP contribution in [0.25, 0.3) is 0 Å². The van der Waals surface area contributed by atoms with E-state index in [4.69, 9.17) is 9.47 Å². The molecule has 1 amide bonds. The van der Waals surface area contributed by atoms with Crippen LogP contribution in [0.1, 0.15) is 71.9 Å². The molecule has 1 N–H and O–H groups in total. The molecule has 174 valence electrons. The Bertz CT molecular complexity index is 814. The zero-order valence-electron chi connectivity index (χ0n) is 19.0. The molecular weight excluding hydrogens is 411 g/mol. The fourth-order valence-electron chi connectivity index (χ4n) is 4.03. The maximum atomic E-state index is 13.2. The van der Waals surface area contributed by atoms with Gasteiger partial charge >= 0.3 is 12.1 Å². The van der Waals surface area contributed by atoms with E-state index in [1.807, 2.05) is 13.8 Å². The van der Waals surface area contributed by atoms with Gasteiger partial charge < -0.3 is 14.8 Å². The van der Waals surface area contributed by atoms with Gasteiger partial charge in [0, 0.05) is 19.0 Å². The second-order valence-corrected chi connectivity index (χ2v) is 9.50. The van der Waals surface area contributed by atoms with Gasteiger partial charge in [0.25, 0.3) is 0 Å².